The molecule has 24 heavy (non-hydrogen) atoms. The Hall–Kier alpha value is -2.48. The van der Waals surface area contributed by atoms with Gasteiger partial charge < -0.3 is 15.0 Å². The minimum Gasteiger partial charge on any atom is -0.369 e. The third-order valence-corrected chi connectivity index (χ3v) is 4.56. The second kappa shape index (κ2) is 5.86. The number of hydrogen-bond acceptors (Lipinski definition) is 6. The summed E-state index contributed by atoms with van der Waals surface area (Å²) >= 11 is 0. The Morgan fingerprint density at radius 1 is 1.42 bits per heavy atom. The Bertz CT molecular complexity index is 740. The molecule has 0 saturated carbocycles. The standard InChI is InChI=1S/C16H20N6O2/c1-9-5-12-14(10(2)24-9)20-21-15(12)16(23)19-11-6-22(7-11)13-3-4-17-8-18-13/h3-4,8-11H,5-7H2,1-2H3,(H,19,23)(H,20,21)/t9-,10+/m1/s1. The first-order valence-corrected chi connectivity index (χ1v) is 8.16. The number of nitrogens with zero attached hydrogens (tertiary/aromatic N) is 4. The van der Waals surface area contributed by atoms with Crippen molar-refractivity contribution in [2.75, 3.05) is 18.0 Å². The molecular weight excluding hydrogens is 308 g/mol. The molecule has 0 spiro atoms. The van der Waals surface area contributed by atoms with Gasteiger partial charge in [-0.3, -0.25) is 9.89 Å². The summed E-state index contributed by atoms with van der Waals surface area (Å²) in [6.07, 6.45) is 3.98. The summed E-state index contributed by atoms with van der Waals surface area (Å²) in [5.41, 5.74) is 2.38. The Morgan fingerprint density at radius 2 is 2.25 bits per heavy atom. The predicted molar refractivity (Wildman–Crippen MR) is 86.8 cm³/mol. The summed E-state index contributed by atoms with van der Waals surface area (Å²) in [5.74, 6) is 0.758. The topological polar surface area (TPSA) is 96.0 Å². The number of carbonyl (C=O) groups is 1. The minimum atomic E-state index is -0.124. The zero-order valence-electron chi connectivity index (χ0n) is 13.7. The van der Waals surface area contributed by atoms with Crippen LogP contribution >= 0.6 is 0 Å². The second-order valence-electron chi connectivity index (χ2n) is 6.40. The molecule has 4 rings (SSSR count). The molecule has 0 unspecified atom stereocenters. The Morgan fingerprint density at radius 3 is 3.00 bits per heavy atom. The number of fused-ring (bicyclic) bond motifs is 1. The van der Waals surface area contributed by atoms with E-state index in [4.69, 9.17) is 4.74 Å². The van der Waals surface area contributed by atoms with Crippen molar-refractivity contribution in [3.05, 3.63) is 35.5 Å². The van der Waals surface area contributed by atoms with Gasteiger partial charge in [-0.15, -0.1) is 0 Å². The van der Waals surface area contributed by atoms with Crippen molar-refractivity contribution >= 4 is 11.7 Å². The highest BCUT2D eigenvalue weighted by atomic mass is 16.5. The second-order valence-corrected chi connectivity index (χ2v) is 6.40. The minimum absolute atomic E-state index is 0.0604. The summed E-state index contributed by atoms with van der Waals surface area (Å²) in [7, 11) is 0. The molecule has 126 valence electrons. The van der Waals surface area contributed by atoms with Crippen LogP contribution in [0, 0.1) is 0 Å². The number of rotatable bonds is 3. The van der Waals surface area contributed by atoms with E-state index in [0.29, 0.717) is 12.1 Å². The Labute approximate surface area is 139 Å². The Kier molecular flexibility index (Phi) is 3.68. The molecule has 0 aromatic carbocycles. The molecule has 2 atom stereocenters. The normalized spacial score (nSPS) is 23.5. The molecule has 2 aliphatic heterocycles. The highest BCUT2D eigenvalue weighted by Crippen LogP contribution is 2.30. The van der Waals surface area contributed by atoms with Gasteiger partial charge in [-0.1, -0.05) is 0 Å². The molecule has 1 fully saturated rings. The molecule has 8 heteroatoms. The van der Waals surface area contributed by atoms with Crippen LogP contribution < -0.4 is 10.2 Å². The van der Waals surface area contributed by atoms with Crippen molar-refractivity contribution < 1.29 is 9.53 Å². The average molecular weight is 328 g/mol. The number of hydrogen-bond donors (Lipinski definition) is 2. The van der Waals surface area contributed by atoms with Gasteiger partial charge in [-0.2, -0.15) is 5.10 Å². The van der Waals surface area contributed by atoms with Gasteiger partial charge in [-0.25, -0.2) is 9.97 Å². The van der Waals surface area contributed by atoms with Crippen LogP contribution in [0.25, 0.3) is 0 Å². The number of H-pyrrole nitrogens is 1. The molecule has 4 heterocycles. The van der Waals surface area contributed by atoms with E-state index in [-0.39, 0.29) is 24.2 Å². The maximum atomic E-state index is 12.6. The molecular formula is C16H20N6O2. The van der Waals surface area contributed by atoms with E-state index in [1.807, 2.05) is 19.9 Å². The highest BCUT2D eigenvalue weighted by Gasteiger charge is 2.33. The van der Waals surface area contributed by atoms with Gasteiger partial charge in [0.05, 0.1) is 23.9 Å². The van der Waals surface area contributed by atoms with Crippen LogP contribution in [0.1, 0.15) is 41.7 Å². The lowest BCUT2D eigenvalue weighted by Gasteiger charge is -2.40. The van der Waals surface area contributed by atoms with Crippen molar-refractivity contribution in [3.8, 4) is 0 Å². The van der Waals surface area contributed by atoms with Crippen molar-refractivity contribution in [1.29, 1.82) is 0 Å². The van der Waals surface area contributed by atoms with Gasteiger partial charge in [0.2, 0.25) is 0 Å². The number of nitrogens with one attached hydrogen (secondary N) is 2. The van der Waals surface area contributed by atoms with Gasteiger partial charge in [0, 0.05) is 31.3 Å². The van der Waals surface area contributed by atoms with E-state index >= 15 is 0 Å². The van der Waals surface area contributed by atoms with E-state index in [1.165, 1.54) is 6.33 Å². The van der Waals surface area contributed by atoms with Gasteiger partial charge in [-0.05, 0) is 19.9 Å². The third-order valence-electron chi connectivity index (χ3n) is 4.56. The van der Waals surface area contributed by atoms with Gasteiger partial charge in [0.15, 0.2) is 5.69 Å². The maximum Gasteiger partial charge on any atom is 0.272 e. The zero-order chi connectivity index (χ0) is 16.7. The maximum absolute atomic E-state index is 12.6. The van der Waals surface area contributed by atoms with Crippen molar-refractivity contribution in [1.82, 2.24) is 25.5 Å². The molecule has 8 nitrogen and oxygen atoms in total. The van der Waals surface area contributed by atoms with Crippen LogP contribution in [0.4, 0.5) is 5.82 Å². The van der Waals surface area contributed by atoms with E-state index in [9.17, 15) is 4.79 Å². The molecule has 1 saturated heterocycles. The first-order chi connectivity index (χ1) is 11.6. The fourth-order valence-electron chi connectivity index (χ4n) is 3.34. The SMILES string of the molecule is C[C@@H]1Cc2c(C(=O)NC3CN(c4ccncn4)C3)n[nH]c2[C@H](C)O1. The van der Waals surface area contributed by atoms with Crippen LogP contribution in [0.2, 0.25) is 0 Å². The third kappa shape index (κ3) is 2.62. The molecule has 2 aromatic rings. The van der Waals surface area contributed by atoms with Crippen molar-refractivity contribution in [2.24, 2.45) is 0 Å². The van der Waals surface area contributed by atoms with Gasteiger partial charge >= 0.3 is 0 Å². The first kappa shape index (κ1) is 15.1. The smallest absolute Gasteiger partial charge is 0.272 e. The van der Waals surface area contributed by atoms with Crippen LogP contribution in [0.5, 0.6) is 0 Å². The number of amides is 1. The number of anilines is 1. The largest absolute Gasteiger partial charge is 0.369 e. The molecule has 2 N–H and O–H groups in total. The zero-order valence-corrected chi connectivity index (χ0v) is 13.7. The lowest BCUT2D eigenvalue weighted by molar-refractivity contribution is -0.00697. The molecule has 0 bridgehead atoms. The average Bonchev–Trinajstić information content (AvgIpc) is 2.95. The number of carbonyl (C=O) groups excluding carboxylic acids is 1. The first-order valence-electron chi connectivity index (χ1n) is 8.16. The van der Waals surface area contributed by atoms with Crippen LogP contribution in [-0.4, -0.2) is 51.3 Å². The summed E-state index contributed by atoms with van der Waals surface area (Å²) in [6.45, 7) is 5.47. The lowest BCUT2D eigenvalue weighted by Crippen LogP contribution is -2.59. The van der Waals surface area contributed by atoms with Crippen molar-refractivity contribution in [2.45, 2.75) is 38.5 Å². The number of aromatic amines is 1. The van der Waals surface area contributed by atoms with E-state index in [2.05, 4.69) is 30.4 Å². The highest BCUT2D eigenvalue weighted by molar-refractivity contribution is 5.94. The van der Waals surface area contributed by atoms with E-state index in [0.717, 1.165) is 30.2 Å². The number of ether oxygens (including phenoxy) is 1. The monoisotopic (exact) mass is 328 g/mol. The van der Waals surface area contributed by atoms with E-state index in [1.54, 1.807) is 6.20 Å². The fourth-order valence-corrected chi connectivity index (χ4v) is 3.34. The lowest BCUT2D eigenvalue weighted by atomic mass is 9.99. The molecule has 0 aliphatic carbocycles. The predicted octanol–water partition coefficient (Wildman–Crippen LogP) is 0.840. The molecule has 2 aromatic heterocycles. The van der Waals surface area contributed by atoms with Crippen LogP contribution in [-0.2, 0) is 11.2 Å². The van der Waals surface area contributed by atoms with Gasteiger partial charge in [0.1, 0.15) is 12.1 Å². The summed E-state index contributed by atoms with van der Waals surface area (Å²) in [6, 6.07) is 1.97. The summed E-state index contributed by atoms with van der Waals surface area (Å²) in [5, 5.41) is 10.2. The van der Waals surface area contributed by atoms with Crippen LogP contribution in [0.3, 0.4) is 0 Å². The summed E-state index contributed by atoms with van der Waals surface area (Å²) in [4.78, 5) is 22.8. The Balaban J connectivity index is 1.40. The quantitative estimate of drug-likeness (QED) is 0.867. The number of aromatic nitrogens is 4. The van der Waals surface area contributed by atoms with E-state index < -0.39 is 0 Å². The summed E-state index contributed by atoms with van der Waals surface area (Å²) < 4.78 is 5.76. The molecule has 0 radical (unpaired) electrons. The molecule has 2 aliphatic rings. The van der Waals surface area contributed by atoms with Gasteiger partial charge in [0.25, 0.3) is 5.91 Å². The van der Waals surface area contributed by atoms with Crippen LogP contribution in [0.15, 0.2) is 18.6 Å². The fraction of sp³-hybridized carbons (Fsp3) is 0.500. The van der Waals surface area contributed by atoms with Crippen molar-refractivity contribution in [3.63, 3.8) is 0 Å². The molecule has 1 amide bonds.